The molecule has 11 nitrogen and oxygen atoms in total. The molecule has 1 aliphatic rings. The van der Waals surface area contributed by atoms with Crippen molar-refractivity contribution < 1.29 is 28.6 Å². The fourth-order valence-electron chi connectivity index (χ4n) is 2.59. The molecule has 3 rings (SSSR count). The minimum absolute atomic E-state index is 0.107. The molecule has 0 aliphatic carbocycles. The van der Waals surface area contributed by atoms with Gasteiger partial charge in [0.05, 0.1) is 26.7 Å². The van der Waals surface area contributed by atoms with Crippen molar-refractivity contribution in [2.45, 2.75) is 0 Å². The largest absolute Gasteiger partial charge is 0.322 e. The van der Waals surface area contributed by atoms with Crippen LogP contribution in [-0.2, 0) is 4.79 Å². The van der Waals surface area contributed by atoms with E-state index in [1.165, 1.54) is 0 Å². The highest BCUT2D eigenvalue weighted by molar-refractivity contribution is 6.23. The fraction of sp³-hybridized carbons (Fsp3) is 0.0625. The van der Waals surface area contributed by atoms with Crippen LogP contribution in [0.15, 0.2) is 36.4 Å². The van der Waals surface area contributed by atoms with Gasteiger partial charge in [0.2, 0.25) is 5.91 Å². The van der Waals surface area contributed by atoms with Crippen LogP contribution in [0.2, 0.25) is 0 Å². The van der Waals surface area contributed by atoms with Crippen LogP contribution in [0.5, 0.6) is 0 Å². The van der Waals surface area contributed by atoms with E-state index in [0.717, 1.165) is 36.4 Å². The number of carbonyl (C=O) groups is 3. The summed E-state index contributed by atoms with van der Waals surface area (Å²) >= 11 is 0. The fourth-order valence-corrected chi connectivity index (χ4v) is 2.59. The summed E-state index contributed by atoms with van der Waals surface area (Å²) in [6, 6.07) is 5.56. The third-order valence-corrected chi connectivity index (χ3v) is 3.90. The molecule has 0 aromatic heterocycles. The highest BCUT2D eigenvalue weighted by atomic mass is 19.1. The van der Waals surface area contributed by atoms with Crippen molar-refractivity contribution in [3.05, 3.63) is 73.6 Å². The summed E-state index contributed by atoms with van der Waals surface area (Å²) in [6.07, 6.45) is 0. The molecule has 12 heteroatoms. The number of anilines is 1. The van der Waals surface area contributed by atoms with E-state index in [4.69, 9.17) is 0 Å². The molecule has 0 saturated heterocycles. The number of non-ortho nitro benzene ring substituents is 2. The molecule has 0 saturated carbocycles. The predicted octanol–water partition coefficient (Wildman–Crippen LogP) is 1.88. The van der Waals surface area contributed by atoms with E-state index in [0.29, 0.717) is 4.90 Å². The Morgan fingerprint density at radius 3 is 2.18 bits per heavy atom. The zero-order valence-electron chi connectivity index (χ0n) is 13.7. The van der Waals surface area contributed by atoms with Gasteiger partial charge in [-0.3, -0.25) is 39.5 Å². The maximum Gasteiger partial charge on any atom is 0.271 e. The molecule has 0 unspecified atom stereocenters. The number of nitrogens with zero attached hydrogens (tertiary/aromatic N) is 3. The highest BCUT2D eigenvalue weighted by Crippen LogP contribution is 2.27. The smallest absolute Gasteiger partial charge is 0.271 e. The number of imide groups is 1. The normalized spacial score (nSPS) is 12.7. The Kier molecular flexibility index (Phi) is 4.53. The molecule has 3 amide bonds. The second-order valence-electron chi connectivity index (χ2n) is 5.65. The number of nitro benzene ring substituents is 2. The van der Waals surface area contributed by atoms with Gasteiger partial charge in [0.1, 0.15) is 12.4 Å². The van der Waals surface area contributed by atoms with Crippen LogP contribution in [0.1, 0.15) is 20.7 Å². The first-order valence-corrected chi connectivity index (χ1v) is 7.57. The van der Waals surface area contributed by atoms with Crippen LogP contribution in [-0.4, -0.2) is 39.0 Å². The molecule has 0 fully saturated rings. The van der Waals surface area contributed by atoms with Gasteiger partial charge in [-0.2, -0.15) is 0 Å². The molecule has 2 aromatic rings. The van der Waals surface area contributed by atoms with E-state index in [1.54, 1.807) is 0 Å². The van der Waals surface area contributed by atoms with Gasteiger partial charge in [-0.1, -0.05) is 0 Å². The molecule has 0 atom stereocenters. The van der Waals surface area contributed by atoms with Crippen LogP contribution < -0.4 is 5.32 Å². The standard InChI is InChI=1S/C16H9FN4O7/c17-12-4-2-9(21(27)28)6-13(12)18-14(22)7-19-15(23)10-3-1-8(20(25)26)5-11(10)16(19)24/h1-6H,7H2,(H,18,22). The number of rotatable bonds is 5. The van der Waals surface area contributed by atoms with Gasteiger partial charge < -0.3 is 5.32 Å². The molecule has 0 bridgehead atoms. The maximum absolute atomic E-state index is 13.7. The lowest BCUT2D eigenvalue weighted by Gasteiger charge is -2.13. The number of halogens is 1. The number of fused-ring (bicyclic) bond motifs is 1. The summed E-state index contributed by atoms with van der Waals surface area (Å²) in [5.74, 6) is -3.69. The number of carbonyl (C=O) groups excluding carboxylic acids is 3. The van der Waals surface area contributed by atoms with Crippen LogP contribution >= 0.6 is 0 Å². The third kappa shape index (κ3) is 3.25. The van der Waals surface area contributed by atoms with Crippen molar-refractivity contribution in [2.75, 3.05) is 11.9 Å². The SMILES string of the molecule is O=C(CN1C(=O)c2ccc([N+](=O)[O-])cc2C1=O)Nc1cc([N+](=O)[O-])ccc1F. The number of nitrogens with one attached hydrogen (secondary N) is 1. The second-order valence-corrected chi connectivity index (χ2v) is 5.65. The van der Waals surface area contributed by atoms with Crippen LogP contribution in [0.4, 0.5) is 21.5 Å². The number of amides is 3. The maximum atomic E-state index is 13.7. The Morgan fingerprint density at radius 1 is 0.964 bits per heavy atom. The molecule has 0 spiro atoms. The highest BCUT2D eigenvalue weighted by Gasteiger charge is 2.37. The van der Waals surface area contributed by atoms with E-state index in [2.05, 4.69) is 5.32 Å². The summed E-state index contributed by atoms with van der Waals surface area (Å²) < 4.78 is 13.7. The second kappa shape index (κ2) is 6.83. The quantitative estimate of drug-likeness (QED) is 0.466. The molecule has 1 N–H and O–H groups in total. The summed E-state index contributed by atoms with van der Waals surface area (Å²) in [5, 5.41) is 23.6. The van der Waals surface area contributed by atoms with Crippen molar-refractivity contribution >= 4 is 34.8 Å². The van der Waals surface area contributed by atoms with Gasteiger partial charge in [-0.25, -0.2) is 4.39 Å². The molecule has 2 aromatic carbocycles. The first-order chi connectivity index (χ1) is 13.2. The lowest BCUT2D eigenvalue weighted by atomic mass is 10.1. The van der Waals surface area contributed by atoms with Gasteiger partial charge in [0.25, 0.3) is 23.2 Å². The number of hydrogen-bond donors (Lipinski definition) is 1. The molecule has 0 radical (unpaired) electrons. The van der Waals surface area contributed by atoms with Crippen molar-refractivity contribution in [1.29, 1.82) is 0 Å². The minimum atomic E-state index is -0.983. The summed E-state index contributed by atoms with van der Waals surface area (Å²) in [5.41, 5.74) is -1.69. The zero-order chi connectivity index (χ0) is 20.6. The first-order valence-electron chi connectivity index (χ1n) is 7.57. The van der Waals surface area contributed by atoms with E-state index in [-0.39, 0.29) is 11.1 Å². The molecule has 142 valence electrons. The topological polar surface area (TPSA) is 153 Å². The monoisotopic (exact) mass is 388 g/mol. The molecule has 28 heavy (non-hydrogen) atoms. The third-order valence-electron chi connectivity index (χ3n) is 3.90. The van der Waals surface area contributed by atoms with Gasteiger partial charge in [-0.15, -0.1) is 0 Å². The summed E-state index contributed by atoms with van der Waals surface area (Å²) in [4.78, 5) is 57.3. The van der Waals surface area contributed by atoms with Gasteiger partial charge in [0.15, 0.2) is 0 Å². The number of benzene rings is 2. The summed E-state index contributed by atoms with van der Waals surface area (Å²) in [7, 11) is 0. The number of hydrogen-bond acceptors (Lipinski definition) is 7. The molecule has 1 aliphatic heterocycles. The average Bonchev–Trinajstić information content (AvgIpc) is 2.87. The summed E-state index contributed by atoms with van der Waals surface area (Å²) in [6.45, 7) is -0.803. The van der Waals surface area contributed by atoms with Gasteiger partial charge in [-0.05, 0) is 12.1 Å². The zero-order valence-corrected chi connectivity index (χ0v) is 13.7. The van der Waals surface area contributed by atoms with Crippen molar-refractivity contribution in [2.24, 2.45) is 0 Å². The lowest BCUT2D eigenvalue weighted by Crippen LogP contribution is -2.37. The van der Waals surface area contributed by atoms with E-state index in [9.17, 15) is 39.0 Å². The Balaban J connectivity index is 1.79. The van der Waals surface area contributed by atoms with Crippen molar-refractivity contribution in [3.8, 4) is 0 Å². The van der Waals surface area contributed by atoms with Crippen LogP contribution in [0.25, 0.3) is 0 Å². The predicted molar refractivity (Wildman–Crippen MR) is 90.1 cm³/mol. The first kappa shape index (κ1) is 18.6. The van der Waals surface area contributed by atoms with Crippen LogP contribution in [0, 0.1) is 26.0 Å². The van der Waals surface area contributed by atoms with Gasteiger partial charge in [0, 0.05) is 24.3 Å². The Bertz CT molecular complexity index is 1070. The van der Waals surface area contributed by atoms with E-state index in [1.807, 2.05) is 0 Å². The Hall–Kier alpha value is -4.22. The molecular formula is C16H9FN4O7. The molecule has 1 heterocycles. The van der Waals surface area contributed by atoms with Crippen LogP contribution in [0.3, 0.4) is 0 Å². The average molecular weight is 388 g/mol. The minimum Gasteiger partial charge on any atom is -0.322 e. The van der Waals surface area contributed by atoms with Gasteiger partial charge >= 0.3 is 0 Å². The molecular weight excluding hydrogens is 379 g/mol. The van der Waals surface area contributed by atoms with Crippen molar-refractivity contribution in [3.63, 3.8) is 0 Å². The van der Waals surface area contributed by atoms with E-state index >= 15 is 0 Å². The Morgan fingerprint density at radius 2 is 1.54 bits per heavy atom. The lowest BCUT2D eigenvalue weighted by molar-refractivity contribution is -0.385. The van der Waals surface area contributed by atoms with E-state index < -0.39 is 57.0 Å². The van der Waals surface area contributed by atoms with Crippen molar-refractivity contribution in [1.82, 2.24) is 4.90 Å². The Labute approximate surface area is 154 Å². The number of nitro groups is 2.